The zero-order valence-corrected chi connectivity index (χ0v) is 9.88. The summed E-state index contributed by atoms with van der Waals surface area (Å²) in [6.45, 7) is 2.13. The second-order valence-electron chi connectivity index (χ2n) is 5.00. The lowest BCUT2D eigenvalue weighted by Gasteiger charge is -2.25. The molecule has 0 bridgehead atoms. The molecule has 92 valence electrons. The van der Waals surface area contributed by atoms with E-state index in [4.69, 9.17) is 0 Å². The molecule has 1 saturated carbocycles. The number of halogens is 2. The van der Waals surface area contributed by atoms with Gasteiger partial charge in [-0.15, -0.1) is 0 Å². The van der Waals surface area contributed by atoms with Crippen molar-refractivity contribution in [2.75, 3.05) is 0 Å². The molecule has 0 aliphatic heterocycles. The van der Waals surface area contributed by atoms with Gasteiger partial charge in [0.15, 0.2) is 11.6 Å². The van der Waals surface area contributed by atoms with Gasteiger partial charge in [-0.05, 0) is 42.9 Å². The smallest absolute Gasteiger partial charge is 0.159 e. The van der Waals surface area contributed by atoms with E-state index in [-0.39, 0.29) is 11.7 Å². The maximum Gasteiger partial charge on any atom is 0.159 e. The number of Topliss-reactive ketones (excluding diaryl/α,β-unsaturated/α-hetero) is 1. The molecule has 0 aromatic heterocycles. The molecule has 0 saturated heterocycles. The van der Waals surface area contributed by atoms with Crippen molar-refractivity contribution in [2.45, 2.75) is 32.6 Å². The minimum atomic E-state index is -0.836. The molecule has 0 N–H and O–H groups in total. The van der Waals surface area contributed by atoms with Crippen LogP contribution in [0.4, 0.5) is 8.78 Å². The van der Waals surface area contributed by atoms with Gasteiger partial charge in [0.25, 0.3) is 0 Å². The summed E-state index contributed by atoms with van der Waals surface area (Å²) >= 11 is 0. The van der Waals surface area contributed by atoms with Gasteiger partial charge in [-0.1, -0.05) is 13.0 Å². The second-order valence-corrected chi connectivity index (χ2v) is 5.00. The van der Waals surface area contributed by atoms with Crippen molar-refractivity contribution in [2.24, 2.45) is 11.8 Å². The first-order valence-corrected chi connectivity index (χ1v) is 6.03. The molecular formula is C14H16F2O. The molecule has 17 heavy (non-hydrogen) atoms. The third-order valence-corrected chi connectivity index (χ3v) is 3.49. The lowest BCUT2D eigenvalue weighted by molar-refractivity contribution is -0.125. The quantitative estimate of drug-likeness (QED) is 0.770. The summed E-state index contributed by atoms with van der Waals surface area (Å²) in [5.74, 6) is -0.893. The van der Waals surface area contributed by atoms with E-state index in [1.165, 1.54) is 6.07 Å². The molecule has 2 atom stereocenters. The summed E-state index contributed by atoms with van der Waals surface area (Å²) < 4.78 is 25.8. The molecule has 1 fully saturated rings. The predicted octanol–water partition coefficient (Wildman–Crippen LogP) is 3.51. The highest BCUT2D eigenvalue weighted by molar-refractivity contribution is 5.82. The van der Waals surface area contributed by atoms with E-state index in [0.29, 0.717) is 24.3 Å². The van der Waals surface area contributed by atoms with Crippen molar-refractivity contribution < 1.29 is 13.6 Å². The Bertz CT molecular complexity index is 428. The number of benzene rings is 1. The van der Waals surface area contributed by atoms with Gasteiger partial charge in [0.05, 0.1) is 0 Å². The number of hydrogen-bond donors (Lipinski definition) is 0. The Labute approximate surface area is 99.8 Å². The Morgan fingerprint density at radius 1 is 1.29 bits per heavy atom. The molecule has 2 unspecified atom stereocenters. The minimum absolute atomic E-state index is 0.0244. The van der Waals surface area contributed by atoms with E-state index in [9.17, 15) is 13.6 Å². The third-order valence-electron chi connectivity index (χ3n) is 3.49. The summed E-state index contributed by atoms with van der Waals surface area (Å²) in [7, 11) is 0. The molecule has 0 heterocycles. The van der Waals surface area contributed by atoms with Crippen LogP contribution < -0.4 is 0 Å². The van der Waals surface area contributed by atoms with Crippen molar-refractivity contribution in [1.82, 2.24) is 0 Å². The van der Waals surface area contributed by atoms with Crippen LogP contribution in [-0.4, -0.2) is 5.78 Å². The van der Waals surface area contributed by atoms with Crippen molar-refractivity contribution in [1.29, 1.82) is 0 Å². The van der Waals surface area contributed by atoms with E-state index >= 15 is 0 Å². The van der Waals surface area contributed by atoms with E-state index in [2.05, 4.69) is 6.92 Å². The summed E-state index contributed by atoms with van der Waals surface area (Å²) in [4.78, 5) is 11.7. The molecule has 1 nitrogen and oxygen atoms in total. The molecule has 0 radical (unpaired) electrons. The van der Waals surface area contributed by atoms with Gasteiger partial charge in [0, 0.05) is 12.3 Å². The van der Waals surface area contributed by atoms with Gasteiger partial charge in [-0.2, -0.15) is 0 Å². The highest BCUT2D eigenvalue weighted by atomic mass is 19.2. The molecular weight excluding hydrogens is 222 g/mol. The fourth-order valence-corrected chi connectivity index (χ4v) is 2.48. The first kappa shape index (κ1) is 12.2. The molecule has 0 spiro atoms. The Balaban J connectivity index is 2.08. The number of ketones is 1. The number of carbonyl (C=O) groups excluding carboxylic acids is 1. The zero-order valence-electron chi connectivity index (χ0n) is 9.88. The summed E-state index contributed by atoms with van der Waals surface area (Å²) in [6, 6.07) is 3.88. The van der Waals surface area contributed by atoms with Gasteiger partial charge in [0.2, 0.25) is 0 Å². The topological polar surface area (TPSA) is 17.1 Å². The van der Waals surface area contributed by atoms with Crippen LogP contribution in [0.25, 0.3) is 0 Å². The first-order chi connectivity index (χ1) is 8.06. The number of carbonyl (C=O) groups is 1. The van der Waals surface area contributed by atoms with E-state index < -0.39 is 11.6 Å². The molecule has 1 aromatic rings. The SMILES string of the molecule is CC1CCC(=O)C(Cc2ccc(F)c(F)c2)C1. The van der Waals surface area contributed by atoms with Crippen LogP contribution in [-0.2, 0) is 11.2 Å². The van der Waals surface area contributed by atoms with Gasteiger partial charge in [0.1, 0.15) is 5.78 Å². The highest BCUT2D eigenvalue weighted by Crippen LogP contribution is 2.28. The van der Waals surface area contributed by atoms with Gasteiger partial charge < -0.3 is 0 Å². The maximum atomic E-state index is 13.0. The lowest BCUT2D eigenvalue weighted by Crippen LogP contribution is -2.25. The number of hydrogen-bond acceptors (Lipinski definition) is 1. The van der Waals surface area contributed by atoms with E-state index in [1.54, 1.807) is 6.07 Å². The Kier molecular flexibility index (Phi) is 3.55. The van der Waals surface area contributed by atoms with Crippen molar-refractivity contribution >= 4 is 5.78 Å². The minimum Gasteiger partial charge on any atom is -0.299 e. The normalized spacial score (nSPS) is 25.0. The van der Waals surface area contributed by atoms with Crippen LogP contribution in [0.5, 0.6) is 0 Å². The van der Waals surface area contributed by atoms with Gasteiger partial charge in [-0.3, -0.25) is 4.79 Å². The Hall–Kier alpha value is -1.25. The van der Waals surface area contributed by atoms with Crippen LogP contribution in [0.2, 0.25) is 0 Å². The molecule has 1 aliphatic rings. The molecule has 0 amide bonds. The van der Waals surface area contributed by atoms with Gasteiger partial charge in [-0.25, -0.2) is 8.78 Å². The largest absolute Gasteiger partial charge is 0.299 e. The van der Waals surface area contributed by atoms with Gasteiger partial charge >= 0.3 is 0 Å². The third kappa shape index (κ3) is 2.90. The van der Waals surface area contributed by atoms with Crippen molar-refractivity contribution in [3.63, 3.8) is 0 Å². The number of rotatable bonds is 2. The van der Waals surface area contributed by atoms with Crippen LogP contribution in [0.15, 0.2) is 18.2 Å². The average molecular weight is 238 g/mol. The zero-order chi connectivity index (χ0) is 12.4. The van der Waals surface area contributed by atoms with Crippen LogP contribution in [0.3, 0.4) is 0 Å². The van der Waals surface area contributed by atoms with E-state index in [0.717, 1.165) is 18.9 Å². The highest BCUT2D eigenvalue weighted by Gasteiger charge is 2.26. The molecule has 2 rings (SSSR count). The molecule has 1 aromatic carbocycles. The summed E-state index contributed by atoms with van der Waals surface area (Å²) in [5, 5.41) is 0. The Morgan fingerprint density at radius 3 is 2.76 bits per heavy atom. The monoisotopic (exact) mass is 238 g/mol. The maximum absolute atomic E-state index is 13.0. The second kappa shape index (κ2) is 4.94. The lowest BCUT2D eigenvalue weighted by atomic mass is 9.78. The first-order valence-electron chi connectivity index (χ1n) is 6.03. The predicted molar refractivity (Wildman–Crippen MR) is 61.6 cm³/mol. The van der Waals surface area contributed by atoms with E-state index in [1.807, 2.05) is 0 Å². The standard InChI is InChI=1S/C14H16F2O/c1-9-2-5-14(17)11(6-9)7-10-3-4-12(15)13(16)8-10/h3-4,8-9,11H,2,5-7H2,1H3. The van der Waals surface area contributed by atoms with Crippen LogP contribution in [0, 0.1) is 23.5 Å². The summed E-state index contributed by atoms with van der Waals surface area (Å²) in [6.07, 6.45) is 2.96. The Morgan fingerprint density at radius 2 is 2.06 bits per heavy atom. The fourth-order valence-electron chi connectivity index (χ4n) is 2.48. The molecule has 1 aliphatic carbocycles. The van der Waals surface area contributed by atoms with Crippen LogP contribution in [0.1, 0.15) is 31.7 Å². The fraction of sp³-hybridized carbons (Fsp3) is 0.500. The average Bonchev–Trinajstić information content (AvgIpc) is 2.29. The molecule has 3 heteroatoms. The van der Waals surface area contributed by atoms with Crippen molar-refractivity contribution in [3.8, 4) is 0 Å². The summed E-state index contributed by atoms with van der Waals surface area (Å²) in [5.41, 5.74) is 0.705. The van der Waals surface area contributed by atoms with Crippen molar-refractivity contribution in [3.05, 3.63) is 35.4 Å². The van der Waals surface area contributed by atoms with Crippen LogP contribution >= 0.6 is 0 Å².